The number of carbonyl (C=O) groups excluding carboxylic acids is 2. The molecule has 2 amide bonds. The number of hydrogen-bond acceptors (Lipinski definition) is 4. The first-order valence-corrected chi connectivity index (χ1v) is 4.92. The molecular weight excluding hydrogens is 200 g/mol. The van der Waals surface area contributed by atoms with Crippen LogP contribution in [0.1, 0.15) is 13.3 Å². The highest BCUT2D eigenvalue weighted by atomic mass is 16.5. The molecule has 0 aromatic rings. The number of nitrogens with one attached hydrogen (secondary N) is 2. The van der Waals surface area contributed by atoms with Gasteiger partial charge in [-0.3, -0.25) is 9.59 Å². The second-order valence-corrected chi connectivity index (χ2v) is 2.82. The van der Waals surface area contributed by atoms with E-state index in [2.05, 4.69) is 10.6 Å². The highest BCUT2D eigenvalue weighted by molar-refractivity contribution is 5.84. The lowest BCUT2D eigenvalue weighted by Crippen LogP contribution is -2.37. The molecule has 6 heteroatoms. The van der Waals surface area contributed by atoms with Crippen molar-refractivity contribution < 1.29 is 19.4 Å². The summed E-state index contributed by atoms with van der Waals surface area (Å²) < 4.78 is 4.90. The van der Waals surface area contributed by atoms with E-state index in [1.54, 1.807) is 0 Å². The Morgan fingerprint density at radius 3 is 2.53 bits per heavy atom. The smallest absolute Gasteiger partial charge is 0.239 e. The summed E-state index contributed by atoms with van der Waals surface area (Å²) in [6.07, 6.45) is 0.194. The monoisotopic (exact) mass is 218 g/mol. The molecule has 0 rings (SSSR count). The van der Waals surface area contributed by atoms with Crippen LogP contribution in [0.3, 0.4) is 0 Å². The van der Waals surface area contributed by atoms with Gasteiger partial charge in [0.05, 0.1) is 26.4 Å². The van der Waals surface area contributed by atoms with E-state index in [4.69, 9.17) is 9.84 Å². The summed E-state index contributed by atoms with van der Waals surface area (Å²) in [5.74, 6) is -0.443. The van der Waals surface area contributed by atoms with Gasteiger partial charge >= 0.3 is 0 Å². The lowest BCUT2D eigenvalue weighted by molar-refractivity contribution is -0.126. The molecule has 0 fully saturated rings. The highest BCUT2D eigenvalue weighted by Crippen LogP contribution is 1.82. The minimum Gasteiger partial charge on any atom is -0.394 e. The summed E-state index contributed by atoms with van der Waals surface area (Å²) in [5, 5.41) is 13.4. The molecule has 0 saturated heterocycles. The molecule has 0 spiro atoms. The van der Waals surface area contributed by atoms with Crippen LogP contribution in [0.25, 0.3) is 0 Å². The minimum absolute atomic E-state index is 0.00727. The normalized spacial score (nSPS) is 9.73. The van der Waals surface area contributed by atoms with E-state index >= 15 is 0 Å². The van der Waals surface area contributed by atoms with Crippen LogP contribution in [0.4, 0.5) is 0 Å². The maximum Gasteiger partial charge on any atom is 0.239 e. The molecule has 15 heavy (non-hydrogen) atoms. The molecule has 0 aliphatic rings. The number of rotatable bonds is 8. The Hall–Kier alpha value is -1.14. The van der Waals surface area contributed by atoms with Crippen molar-refractivity contribution in [3.05, 3.63) is 0 Å². The molecule has 3 N–H and O–H groups in total. The van der Waals surface area contributed by atoms with Gasteiger partial charge in [-0.25, -0.2) is 0 Å². The number of ether oxygens (including phenoxy) is 1. The second kappa shape index (κ2) is 9.42. The van der Waals surface area contributed by atoms with E-state index in [9.17, 15) is 9.59 Å². The van der Waals surface area contributed by atoms with Crippen LogP contribution >= 0.6 is 0 Å². The van der Waals surface area contributed by atoms with Crippen molar-refractivity contribution in [3.8, 4) is 0 Å². The number of likely N-dealkylation sites (N-methyl/N-ethyl adjacent to an activating group) is 1. The van der Waals surface area contributed by atoms with Crippen LogP contribution in [0, 0.1) is 0 Å². The zero-order chi connectivity index (χ0) is 11.5. The largest absolute Gasteiger partial charge is 0.394 e. The summed E-state index contributed by atoms with van der Waals surface area (Å²) in [6, 6.07) is 0. The maximum atomic E-state index is 11.1. The van der Waals surface area contributed by atoms with Gasteiger partial charge in [0.1, 0.15) is 0 Å². The quantitative estimate of drug-likeness (QED) is 0.439. The predicted octanol–water partition coefficient (Wildman–Crippen LogP) is -1.36. The molecule has 0 aromatic carbocycles. The van der Waals surface area contributed by atoms with Gasteiger partial charge in [-0.2, -0.15) is 0 Å². The van der Waals surface area contributed by atoms with Crippen LogP contribution in [0.2, 0.25) is 0 Å². The van der Waals surface area contributed by atoms with Crippen LogP contribution in [-0.2, 0) is 14.3 Å². The predicted molar refractivity (Wildman–Crippen MR) is 54.2 cm³/mol. The minimum atomic E-state index is -0.237. The molecule has 6 nitrogen and oxygen atoms in total. The Morgan fingerprint density at radius 1 is 1.20 bits per heavy atom. The first kappa shape index (κ1) is 13.9. The van der Waals surface area contributed by atoms with Crippen LogP contribution in [0.5, 0.6) is 0 Å². The first-order chi connectivity index (χ1) is 7.20. The number of amides is 2. The highest BCUT2D eigenvalue weighted by Gasteiger charge is 2.03. The lowest BCUT2D eigenvalue weighted by Gasteiger charge is -2.05. The third kappa shape index (κ3) is 9.17. The van der Waals surface area contributed by atoms with E-state index in [1.165, 1.54) is 0 Å². The summed E-state index contributed by atoms with van der Waals surface area (Å²) in [5.41, 5.74) is 0. The summed E-state index contributed by atoms with van der Waals surface area (Å²) in [6.45, 7) is 2.77. The fourth-order valence-corrected chi connectivity index (χ4v) is 0.858. The summed E-state index contributed by atoms with van der Waals surface area (Å²) >= 11 is 0. The average molecular weight is 218 g/mol. The standard InChI is InChI=1S/C9H18N2O4/c1-2-10-9(14)7-11-8(13)3-5-15-6-4-12/h12H,2-7H2,1H3,(H,10,14)(H,11,13). The van der Waals surface area contributed by atoms with Crippen molar-refractivity contribution in [1.29, 1.82) is 0 Å². The molecule has 0 unspecified atom stereocenters. The van der Waals surface area contributed by atoms with E-state index in [0.717, 1.165) is 0 Å². The zero-order valence-electron chi connectivity index (χ0n) is 8.91. The van der Waals surface area contributed by atoms with Gasteiger partial charge < -0.3 is 20.5 Å². The molecule has 0 aromatic heterocycles. The van der Waals surface area contributed by atoms with Crippen LogP contribution in [-0.4, -0.2) is 49.8 Å². The SMILES string of the molecule is CCNC(=O)CNC(=O)CCOCCO. The third-order valence-corrected chi connectivity index (χ3v) is 1.53. The molecule has 0 aliphatic carbocycles. The Kier molecular flexibility index (Phi) is 8.70. The number of hydrogen-bond donors (Lipinski definition) is 3. The van der Waals surface area contributed by atoms with E-state index in [1.807, 2.05) is 6.92 Å². The third-order valence-electron chi connectivity index (χ3n) is 1.53. The summed E-state index contributed by atoms with van der Waals surface area (Å²) in [7, 11) is 0. The molecule has 0 atom stereocenters. The molecule has 0 saturated carbocycles. The number of aliphatic hydroxyl groups is 1. The van der Waals surface area contributed by atoms with Crippen molar-refractivity contribution in [2.45, 2.75) is 13.3 Å². The molecule has 0 radical (unpaired) electrons. The van der Waals surface area contributed by atoms with Crippen molar-refractivity contribution in [1.82, 2.24) is 10.6 Å². The Morgan fingerprint density at radius 2 is 1.93 bits per heavy atom. The molecular formula is C9H18N2O4. The lowest BCUT2D eigenvalue weighted by atomic mass is 10.4. The van der Waals surface area contributed by atoms with Gasteiger partial charge in [0.2, 0.25) is 11.8 Å². The van der Waals surface area contributed by atoms with Gasteiger partial charge in [0, 0.05) is 13.0 Å². The van der Waals surface area contributed by atoms with Crippen molar-refractivity contribution in [3.63, 3.8) is 0 Å². The van der Waals surface area contributed by atoms with E-state index in [0.29, 0.717) is 6.54 Å². The topological polar surface area (TPSA) is 87.7 Å². The van der Waals surface area contributed by atoms with Crippen molar-refractivity contribution in [2.24, 2.45) is 0 Å². The molecule has 0 bridgehead atoms. The first-order valence-electron chi connectivity index (χ1n) is 4.92. The van der Waals surface area contributed by atoms with Gasteiger partial charge in [-0.1, -0.05) is 0 Å². The Bertz CT molecular complexity index is 197. The number of carbonyl (C=O) groups is 2. The van der Waals surface area contributed by atoms with Crippen LogP contribution in [0.15, 0.2) is 0 Å². The van der Waals surface area contributed by atoms with E-state index in [-0.39, 0.29) is 44.6 Å². The molecule has 0 heterocycles. The van der Waals surface area contributed by atoms with Gasteiger partial charge in [-0.15, -0.1) is 0 Å². The van der Waals surface area contributed by atoms with Crippen molar-refractivity contribution in [2.75, 3.05) is 32.9 Å². The second-order valence-electron chi connectivity index (χ2n) is 2.82. The Labute approximate surface area is 89.0 Å². The van der Waals surface area contributed by atoms with E-state index < -0.39 is 0 Å². The maximum absolute atomic E-state index is 11.1. The molecule has 88 valence electrons. The number of aliphatic hydroxyl groups excluding tert-OH is 1. The molecule has 0 aliphatic heterocycles. The summed E-state index contributed by atoms with van der Waals surface area (Å²) in [4.78, 5) is 22.0. The zero-order valence-corrected chi connectivity index (χ0v) is 8.91. The fraction of sp³-hybridized carbons (Fsp3) is 0.778. The van der Waals surface area contributed by atoms with Crippen molar-refractivity contribution >= 4 is 11.8 Å². The Balaban J connectivity index is 3.36. The van der Waals surface area contributed by atoms with Gasteiger partial charge in [0.15, 0.2) is 0 Å². The fourth-order valence-electron chi connectivity index (χ4n) is 0.858. The van der Waals surface area contributed by atoms with Crippen LogP contribution < -0.4 is 10.6 Å². The van der Waals surface area contributed by atoms with Gasteiger partial charge in [0.25, 0.3) is 0 Å². The average Bonchev–Trinajstić information content (AvgIpc) is 2.22. The van der Waals surface area contributed by atoms with Gasteiger partial charge in [-0.05, 0) is 6.92 Å².